The van der Waals surface area contributed by atoms with Crippen LogP contribution in [0.1, 0.15) is 34.4 Å². The molecule has 0 aliphatic carbocycles. The predicted molar refractivity (Wildman–Crippen MR) is 140 cm³/mol. The maximum Gasteiger partial charge on any atom is 0.218 e. The van der Waals surface area contributed by atoms with Gasteiger partial charge in [0.15, 0.2) is 0 Å². The van der Waals surface area contributed by atoms with Crippen molar-refractivity contribution in [3.8, 4) is 0 Å². The van der Waals surface area contributed by atoms with Crippen LogP contribution in [-0.4, -0.2) is 30.4 Å². The SMILES string of the molecule is Cc1ccccc1Cn1c(C)c(C2=CCN(S(=O)(=O)Cc3ccccc3)CC2)c2ccccc21. The highest BCUT2D eigenvalue weighted by atomic mass is 32.2. The Bertz CT molecular complexity index is 1470. The van der Waals surface area contributed by atoms with E-state index >= 15 is 0 Å². The van der Waals surface area contributed by atoms with Crippen molar-refractivity contribution in [1.82, 2.24) is 8.87 Å². The molecule has 0 amide bonds. The smallest absolute Gasteiger partial charge is 0.218 e. The summed E-state index contributed by atoms with van der Waals surface area (Å²) in [5.74, 6) is 0.0474. The Hall–Kier alpha value is -3.15. The molecule has 34 heavy (non-hydrogen) atoms. The fourth-order valence-corrected chi connectivity index (χ4v) is 6.47. The van der Waals surface area contributed by atoms with E-state index < -0.39 is 10.0 Å². The molecular formula is C29H30N2O2S. The Morgan fingerprint density at radius 3 is 2.29 bits per heavy atom. The number of sulfonamides is 1. The Morgan fingerprint density at radius 1 is 0.853 bits per heavy atom. The Balaban J connectivity index is 1.46. The minimum Gasteiger partial charge on any atom is -0.340 e. The van der Waals surface area contributed by atoms with Crippen LogP contribution in [0.4, 0.5) is 0 Å². The van der Waals surface area contributed by atoms with E-state index in [1.807, 2.05) is 30.3 Å². The molecule has 0 N–H and O–H groups in total. The van der Waals surface area contributed by atoms with Crippen LogP contribution >= 0.6 is 0 Å². The maximum atomic E-state index is 13.0. The van der Waals surface area contributed by atoms with Gasteiger partial charge in [-0.25, -0.2) is 8.42 Å². The molecule has 0 saturated heterocycles. The summed E-state index contributed by atoms with van der Waals surface area (Å²) in [4.78, 5) is 0. The first-order chi connectivity index (χ1) is 16.4. The van der Waals surface area contributed by atoms with E-state index in [1.54, 1.807) is 4.31 Å². The molecule has 2 heterocycles. The van der Waals surface area contributed by atoms with Crippen LogP contribution < -0.4 is 0 Å². The lowest BCUT2D eigenvalue weighted by molar-refractivity contribution is 0.440. The van der Waals surface area contributed by atoms with Crippen LogP contribution in [0.5, 0.6) is 0 Å². The third-order valence-electron chi connectivity index (χ3n) is 6.90. The fourth-order valence-electron chi connectivity index (χ4n) is 5.00. The van der Waals surface area contributed by atoms with E-state index in [2.05, 4.69) is 73.0 Å². The summed E-state index contributed by atoms with van der Waals surface area (Å²) in [5, 5.41) is 1.24. The number of aromatic nitrogens is 1. The van der Waals surface area contributed by atoms with Crippen LogP contribution in [0.15, 0.2) is 84.9 Å². The topological polar surface area (TPSA) is 42.3 Å². The number of hydrogen-bond acceptors (Lipinski definition) is 2. The molecule has 5 heteroatoms. The molecule has 0 bridgehead atoms. The number of aryl methyl sites for hydroxylation is 1. The number of nitrogens with zero attached hydrogens (tertiary/aromatic N) is 2. The number of hydrogen-bond donors (Lipinski definition) is 0. The molecule has 5 rings (SSSR count). The normalized spacial score (nSPS) is 14.9. The minimum atomic E-state index is -3.35. The molecule has 0 saturated carbocycles. The molecule has 0 fully saturated rings. The average Bonchev–Trinajstić information content (AvgIpc) is 3.12. The summed E-state index contributed by atoms with van der Waals surface area (Å²) >= 11 is 0. The summed E-state index contributed by atoms with van der Waals surface area (Å²) in [6.45, 7) is 6.10. The molecule has 4 nitrogen and oxygen atoms in total. The van der Waals surface area contributed by atoms with Crippen LogP contribution in [-0.2, 0) is 22.3 Å². The lowest BCUT2D eigenvalue weighted by Crippen LogP contribution is -2.35. The van der Waals surface area contributed by atoms with E-state index in [0.717, 1.165) is 12.1 Å². The molecule has 0 atom stereocenters. The molecule has 1 aliphatic heterocycles. The van der Waals surface area contributed by atoms with E-state index in [1.165, 1.54) is 38.9 Å². The van der Waals surface area contributed by atoms with Crippen molar-refractivity contribution in [2.24, 2.45) is 0 Å². The van der Waals surface area contributed by atoms with Crippen molar-refractivity contribution >= 4 is 26.5 Å². The van der Waals surface area contributed by atoms with Gasteiger partial charge in [0.05, 0.1) is 5.75 Å². The van der Waals surface area contributed by atoms with Gasteiger partial charge in [-0.3, -0.25) is 0 Å². The van der Waals surface area contributed by atoms with Crippen molar-refractivity contribution in [3.63, 3.8) is 0 Å². The maximum absolute atomic E-state index is 13.0. The second kappa shape index (κ2) is 9.24. The van der Waals surface area contributed by atoms with E-state index in [-0.39, 0.29) is 5.75 Å². The second-order valence-electron chi connectivity index (χ2n) is 9.07. The zero-order chi connectivity index (χ0) is 23.7. The van der Waals surface area contributed by atoms with Crippen molar-refractivity contribution in [2.45, 2.75) is 32.6 Å². The Kier molecular flexibility index (Phi) is 6.15. The van der Waals surface area contributed by atoms with Crippen molar-refractivity contribution < 1.29 is 8.42 Å². The summed E-state index contributed by atoms with van der Waals surface area (Å²) in [7, 11) is -3.35. The van der Waals surface area contributed by atoms with Crippen molar-refractivity contribution in [3.05, 3.63) is 113 Å². The third-order valence-corrected chi connectivity index (χ3v) is 8.72. The number of fused-ring (bicyclic) bond motifs is 1. The van der Waals surface area contributed by atoms with E-state index in [0.29, 0.717) is 19.5 Å². The van der Waals surface area contributed by atoms with Gasteiger partial charge in [0, 0.05) is 41.8 Å². The first-order valence-electron chi connectivity index (χ1n) is 11.8. The second-order valence-corrected chi connectivity index (χ2v) is 11.0. The molecule has 0 unspecified atom stereocenters. The summed E-state index contributed by atoms with van der Waals surface area (Å²) in [5.41, 5.74) is 8.38. The number of rotatable bonds is 6. The molecule has 4 aromatic rings. The monoisotopic (exact) mass is 470 g/mol. The molecule has 0 radical (unpaired) electrons. The first kappa shape index (κ1) is 22.6. The highest BCUT2D eigenvalue weighted by Gasteiger charge is 2.27. The van der Waals surface area contributed by atoms with Gasteiger partial charge in [-0.15, -0.1) is 0 Å². The fraction of sp³-hybridized carbons (Fsp3) is 0.241. The van der Waals surface area contributed by atoms with Gasteiger partial charge in [0.25, 0.3) is 0 Å². The summed E-state index contributed by atoms with van der Waals surface area (Å²) < 4.78 is 30.0. The highest BCUT2D eigenvalue weighted by Crippen LogP contribution is 2.35. The Morgan fingerprint density at radius 2 is 1.56 bits per heavy atom. The summed E-state index contributed by atoms with van der Waals surface area (Å²) in [6, 6.07) is 26.5. The van der Waals surface area contributed by atoms with Crippen LogP contribution in [0, 0.1) is 13.8 Å². The van der Waals surface area contributed by atoms with Gasteiger partial charge in [-0.05, 0) is 48.6 Å². The van der Waals surface area contributed by atoms with Gasteiger partial charge in [0.1, 0.15) is 0 Å². The summed E-state index contributed by atoms with van der Waals surface area (Å²) in [6.07, 6.45) is 2.83. The number of para-hydroxylation sites is 1. The zero-order valence-electron chi connectivity index (χ0n) is 19.7. The molecule has 1 aromatic heterocycles. The Labute approximate surface area is 202 Å². The van der Waals surface area contributed by atoms with Crippen molar-refractivity contribution in [2.75, 3.05) is 13.1 Å². The van der Waals surface area contributed by atoms with Gasteiger partial charge in [-0.1, -0.05) is 78.9 Å². The lowest BCUT2D eigenvalue weighted by atomic mass is 9.97. The number of benzene rings is 3. The van der Waals surface area contributed by atoms with Crippen molar-refractivity contribution in [1.29, 1.82) is 0 Å². The highest BCUT2D eigenvalue weighted by molar-refractivity contribution is 7.88. The molecular weight excluding hydrogens is 440 g/mol. The molecule has 1 aliphatic rings. The van der Waals surface area contributed by atoms with E-state index in [9.17, 15) is 8.42 Å². The molecule has 0 spiro atoms. The van der Waals surface area contributed by atoms with Crippen LogP contribution in [0.25, 0.3) is 16.5 Å². The molecule has 3 aromatic carbocycles. The van der Waals surface area contributed by atoms with Crippen LogP contribution in [0.3, 0.4) is 0 Å². The third kappa shape index (κ3) is 4.33. The minimum absolute atomic E-state index is 0.0474. The molecule has 174 valence electrons. The van der Waals surface area contributed by atoms with Gasteiger partial charge < -0.3 is 4.57 Å². The average molecular weight is 471 g/mol. The standard InChI is InChI=1S/C29H30N2O2S/c1-22-10-6-7-13-26(22)20-31-23(2)29(27-14-8-9-15-28(27)31)25-16-18-30(19-17-25)34(32,33)21-24-11-4-3-5-12-24/h3-16H,17-21H2,1-2H3. The van der Waals surface area contributed by atoms with Gasteiger partial charge >= 0.3 is 0 Å². The van der Waals surface area contributed by atoms with Gasteiger partial charge in [0.2, 0.25) is 10.0 Å². The zero-order valence-corrected chi connectivity index (χ0v) is 20.6. The lowest BCUT2D eigenvalue weighted by Gasteiger charge is -2.26. The van der Waals surface area contributed by atoms with E-state index in [4.69, 9.17) is 0 Å². The first-order valence-corrected chi connectivity index (χ1v) is 13.4. The van der Waals surface area contributed by atoms with Gasteiger partial charge in [-0.2, -0.15) is 4.31 Å². The van der Waals surface area contributed by atoms with Crippen LogP contribution in [0.2, 0.25) is 0 Å². The predicted octanol–water partition coefficient (Wildman–Crippen LogP) is 5.93. The quantitative estimate of drug-likeness (QED) is 0.351. The largest absolute Gasteiger partial charge is 0.340 e.